The molecule has 8 heteroatoms. The van der Waals surface area contributed by atoms with E-state index in [0.29, 0.717) is 35.6 Å². The van der Waals surface area contributed by atoms with Gasteiger partial charge in [0.2, 0.25) is 0 Å². The van der Waals surface area contributed by atoms with Crippen LogP contribution in [0.5, 0.6) is 0 Å². The fourth-order valence-electron chi connectivity index (χ4n) is 8.48. The lowest BCUT2D eigenvalue weighted by Gasteiger charge is -2.15. The molecule has 0 bridgehead atoms. The monoisotopic (exact) mass is 728 g/mol. The molecule has 6 aromatic heterocycles. The molecule has 0 saturated carbocycles. The average Bonchev–Trinajstić information content (AvgIpc) is 3.76. The molecule has 0 aliphatic rings. The Morgan fingerprint density at radius 2 is 0.768 bits per heavy atom. The highest BCUT2D eigenvalue weighted by atomic mass is 16.1. The SMILES string of the molecule is CCn1c(=O)c(-c2c(-c3ccccc3)c3ccccn3c2-c2c(-c3nc4ccccc4n(CC)c3=O)c(-c3ccccc3)c3ccccn23)nc2ccccc21. The van der Waals surface area contributed by atoms with Crippen LogP contribution in [0.3, 0.4) is 0 Å². The first-order valence-electron chi connectivity index (χ1n) is 19.0. The van der Waals surface area contributed by atoms with E-state index in [1.54, 1.807) is 9.13 Å². The molecule has 0 spiro atoms. The van der Waals surface area contributed by atoms with Gasteiger partial charge in [0, 0.05) is 47.7 Å². The number of aromatic nitrogens is 6. The standard InChI is InChI=1S/C48H36N6O2/c1-3-51-35-25-13-11-23-33(35)49-43(47(51)55)41-39(31-19-7-5-8-20-31)37-27-15-17-29-53(37)45(41)46-42(44-48(56)52(4-2)36-26-14-12-24-34(36)50-44)40(32-21-9-6-10-22-32)38-28-16-18-30-54(38)46/h5-30H,3-4H2,1-2H3. The molecular weight excluding hydrogens is 693 g/mol. The van der Waals surface area contributed by atoms with Crippen molar-refractivity contribution in [3.63, 3.8) is 0 Å². The maximum absolute atomic E-state index is 15.0. The van der Waals surface area contributed by atoms with E-state index in [1.165, 1.54) is 0 Å². The summed E-state index contributed by atoms with van der Waals surface area (Å²) in [5.41, 5.74) is 11.5. The fourth-order valence-corrected chi connectivity index (χ4v) is 8.48. The van der Waals surface area contributed by atoms with Gasteiger partial charge in [0.25, 0.3) is 11.1 Å². The second kappa shape index (κ2) is 13.2. The van der Waals surface area contributed by atoms with Crippen LogP contribution in [-0.2, 0) is 13.1 Å². The zero-order chi connectivity index (χ0) is 37.9. The minimum atomic E-state index is -0.191. The van der Waals surface area contributed by atoms with Crippen molar-refractivity contribution >= 4 is 33.1 Å². The Morgan fingerprint density at radius 3 is 1.18 bits per heavy atom. The van der Waals surface area contributed by atoms with E-state index in [2.05, 4.69) is 45.2 Å². The van der Waals surface area contributed by atoms with Gasteiger partial charge in [-0.2, -0.15) is 0 Å². The Hall–Kier alpha value is -7.32. The van der Waals surface area contributed by atoms with E-state index in [-0.39, 0.29) is 11.1 Å². The van der Waals surface area contributed by atoms with Crippen LogP contribution >= 0.6 is 0 Å². The smallest absolute Gasteiger partial charge is 0.277 e. The van der Waals surface area contributed by atoms with Gasteiger partial charge >= 0.3 is 0 Å². The van der Waals surface area contributed by atoms with Gasteiger partial charge in [-0.1, -0.05) is 97.1 Å². The summed E-state index contributed by atoms with van der Waals surface area (Å²) in [5, 5.41) is 0. The van der Waals surface area contributed by atoms with Crippen molar-refractivity contribution in [3.8, 4) is 56.2 Å². The Bertz CT molecular complexity index is 3040. The Morgan fingerprint density at radius 1 is 0.411 bits per heavy atom. The number of aryl methyl sites for hydroxylation is 2. The van der Waals surface area contributed by atoms with Gasteiger partial charge in [-0.25, -0.2) is 9.97 Å². The number of nitrogens with zero attached hydrogens (tertiary/aromatic N) is 6. The number of benzene rings is 4. The first-order valence-corrected chi connectivity index (χ1v) is 19.0. The predicted molar refractivity (Wildman–Crippen MR) is 226 cm³/mol. The van der Waals surface area contributed by atoms with E-state index >= 15 is 9.59 Å². The van der Waals surface area contributed by atoms with Gasteiger partial charge in [-0.3, -0.25) is 9.59 Å². The average molecular weight is 729 g/mol. The van der Waals surface area contributed by atoms with Crippen LogP contribution < -0.4 is 11.1 Å². The van der Waals surface area contributed by atoms with Crippen molar-refractivity contribution < 1.29 is 0 Å². The van der Waals surface area contributed by atoms with Crippen LogP contribution in [0.2, 0.25) is 0 Å². The summed E-state index contributed by atoms with van der Waals surface area (Å²) >= 11 is 0. The molecule has 0 unspecified atom stereocenters. The van der Waals surface area contributed by atoms with E-state index in [4.69, 9.17) is 9.97 Å². The summed E-state index contributed by atoms with van der Waals surface area (Å²) in [6.45, 7) is 4.91. The van der Waals surface area contributed by atoms with Crippen molar-refractivity contribution in [2.24, 2.45) is 0 Å². The number of hydrogen-bond donors (Lipinski definition) is 0. The molecule has 0 fully saturated rings. The zero-order valence-corrected chi connectivity index (χ0v) is 30.9. The molecule has 270 valence electrons. The highest BCUT2D eigenvalue weighted by molar-refractivity contribution is 6.09. The largest absolute Gasteiger partial charge is 0.314 e. The fraction of sp³-hybridized carbons (Fsp3) is 0.0833. The Kier molecular flexibility index (Phi) is 7.85. The van der Waals surface area contributed by atoms with E-state index in [1.807, 2.05) is 135 Å². The van der Waals surface area contributed by atoms with Crippen molar-refractivity contribution in [3.05, 3.63) is 179 Å². The minimum absolute atomic E-state index is 0.191. The summed E-state index contributed by atoms with van der Waals surface area (Å²) in [7, 11) is 0. The van der Waals surface area contributed by atoms with Crippen molar-refractivity contribution in [2.45, 2.75) is 26.9 Å². The number of fused-ring (bicyclic) bond motifs is 4. The molecule has 6 heterocycles. The quantitative estimate of drug-likeness (QED) is 0.164. The van der Waals surface area contributed by atoms with Gasteiger partial charge in [0.15, 0.2) is 0 Å². The van der Waals surface area contributed by atoms with Crippen molar-refractivity contribution in [2.75, 3.05) is 0 Å². The number of para-hydroxylation sites is 4. The van der Waals surface area contributed by atoms with Crippen molar-refractivity contribution in [1.82, 2.24) is 27.9 Å². The lowest BCUT2D eigenvalue weighted by molar-refractivity contribution is 0.755. The number of pyridine rings is 2. The molecule has 0 aliphatic heterocycles. The number of rotatable bonds is 7. The van der Waals surface area contributed by atoms with Gasteiger partial charge in [-0.05, 0) is 73.5 Å². The van der Waals surface area contributed by atoms with E-state index in [0.717, 1.165) is 66.7 Å². The molecule has 0 aliphatic carbocycles. The molecule has 10 aromatic rings. The Balaban J connectivity index is 1.48. The molecule has 0 amide bonds. The molecule has 10 rings (SSSR count). The van der Waals surface area contributed by atoms with Crippen LogP contribution in [0, 0.1) is 0 Å². The summed E-state index contributed by atoms with van der Waals surface area (Å²) in [5.74, 6) is 0. The lowest BCUT2D eigenvalue weighted by atomic mass is 9.94. The summed E-state index contributed by atoms with van der Waals surface area (Å²) in [4.78, 5) is 40.4. The molecule has 0 radical (unpaired) electrons. The van der Waals surface area contributed by atoms with Crippen LogP contribution in [0.15, 0.2) is 168 Å². The summed E-state index contributed by atoms with van der Waals surface area (Å²) < 4.78 is 7.90. The van der Waals surface area contributed by atoms with Gasteiger partial charge in [0.05, 0.1) is 44.5 Å². The molecule has 8 nitrogen and oxygen atoms in total. The minimum Gasteiger partial charge on any atom is -0.314 e. The predicted octanol–water partition coefficient (Wildman–Crippen LogP) is 9.99. The normalized spacial score (nSPS) is 11.7. The van der Waals surface area contributed by atoms with Crippen LogP contribution in [0.1, 0.15) is 13.8 Å². The van der Waals surface area contributed by atoms with Crippen LogP contribution in [0.4, 0.5) is 0 Å². The molecular formula is C48H36N6O2. The van der Waals surface area contributed by atoms with Crippen LogP contribution in [0.25, 0.3) is 89.3 Å². The second-order valence-corrected chi connectivity index (χ2v) is 13.8. The Labute approximate surface area is 321 Å². The van der Waals surface area contributed by atoms with Gasteiger partial charge < -0.3 is 17.9 Å². The highest BCUT2D eigenvalue weighted by Crippen LogP contribution is 2.50. The zero-order valence-electron chi connectivity index (χ0n) is 30.9. The topological polar surface area (TPSA) is 78.6 Å². The third kappa shape index (κ3) is 4.92. The van der Waals surface area contributed by atoms with E-state index < -0.39 is 0 Å². The molecule has 56 heavy (non-hydrogen) atoms. The first-order chi connectivity index (χ1) is 27.6. The van der Waals surface area contributed by atoms with Gasteiger partial charge in [-0.15, -0.1) is 0 Å². The van der Waals surface area contributed by atoms with E-state index in [9.17, 15) is 0 Å². The second-order valence-electron chi connectivity index (χ2n) is 13.8. The maximum atomic E-state index is 15.0. The summed E-state index contributed by atoms with van der Waals surface area (Å²) in [6, 6.07) is 48.1. The molecule has 4 aromatic carbocycles. The first kappa shape index (κ1) is 33.3. The molecule has 0 atom stereocenters. The summed E-state index contributed by atoms with van der Waals surface area (Å²) in [6.07, 6.45) is 4.07. The third-order valence-corrected chi connectivity index (χ3v) is 10.8. The van der Waals surface area contributed by atoms with Crippen LogP contribution in [-0.4, -0.2) is 27.9 Å². The number of hydrogen-bond acceptors (Lipinski definition) is 4. The third-order valence-electron chi connectivity index (χ3n) is 10.8. The maximum Gasteiger partial charge on any atom is 0.277 e. The molecule has 0 saturated heterocycles. The van der Waals surface area contributed by atoms with Gasteiger partial charge in [0.1, 0.15) is 11.4 Å². The van der Waals surface area contributed by atoms with Crippen molar-refractivity contribution in [1.29, 1.82) is 0 Å². The molecule has 0 N–H and O–H groups in total. The lowest BCUT2D eigenvalue weighted by Crippen LogP contribution is -2.24. The highest BCUT2D eigenvalue weighted by Gasteiger charge is 2.33.